The van der Waals surface area contributed by atoms with Gasteiger partial charge in [-0.05, 0) is 6.42 Å². The largest absolute Gasteiger partial charge is 0.481 e. The molecule has 0 radical (unpaired) electrons. The zero-order chi connectivity index (χ0) is 20.8. The second kappa shape index (κ2) is 8.97. The van der Waals surface area contributed by atoms with Gasteiger partial charge in [-0.15, -0.1) is 0 Å². The number of carbonyl (C=O) groups excluding carboxylic acids is 3. The van der Waals surface area contributed by atoms with Gasteiger partial charge in [-0.25, -0.2) is 0 Å². The summed E-state index contributed by atoms with van der Waals surface area (Å²) in [6.07, 6.45) is 0.506. The van der Waals surface area contributed by atoms with Gasteiger partial charge in [0.25, 0.3) is 11.8 Å². The van der Waals surface area contributed by atoms with Gasteiger partial charge < -0.3 is 26.8 Å². The minimum absolute atomic E-state index is 0.0414. The van der Waals surface area contributed by atoms with Crippen molar-refractivity contribution in [1.82, 2.24) is 20.0 Å². The van der Waals surface area contributed by atoms with Gasteiger partial charge in [0, 0.05) is 32.1 Å². The van der Waals surface area contributed by atoms with Crippen LogP contribution in [0.3, 0.4) is 0 Å². The van der Waals surface area contributed by atoms with Crippen LogP contribution in [-0.4, -0.2) is 69.1 Å². The summed E-state index contributed by atoms with van der Waals surface area (Å²) in [5.41, 5.74) is 10.6. The standard InChI is InChI=1S/C16H23N7O5/c1-9(15(27)28)8-19-13(25)10-7-11-14(26)22(5-6-23(11)21-10)4-2-3-12(24)20-16(17)18/h7,9H,2-6,8H2,1H3,(H,19,25)(H,27,28)(H4,17,18,20,24). The van der Waals surface area contributed by atoms with Crippen LogP contribution in [0, 0.1) is 5.92 Å². The van der Waals surface area contributed by atoms with Crippen molar-refractivity contribution in [1.29, 1.82) is 0 Å². The first-order valence-electron chi connectivity index (χ1n) is 8.69. The summed E-state index contributed by atoms with van der Waals surface area (Å²) in [5, 5.41) is 15.4. The molecule has 3 amide bonds. The Bertz CT molecular complexity index is 812. The third-order valence-corrected chi connectivity index (χ3v) is 4.16. The maximum Gasteiger partial charge on any atom is 0.308 e. The van der Waals surface area contributed by atoms with Gasteiger partial charge in [0.1, 0.15) is 5.69 Å². The zero-order valence-electron chi connectivity index (χ0n) is 15.4. The predicted octanol–water partition coefficient (Wildman–Crippen LogP) is -1.63. The Morgan fingerprint density at radius 3 is 2.71 bits per heavy atom. The van der Waals surface area contributed by atoms with Crippen LogP contribution in [-0.2, 0) is 16.1 Å². The maximum absolute atomic E-state index is 12.6. The summed E-state index contributed by atoms with van der Waals surface area (Å²) in [5.74, 6) is -3.35. The maximum atomic E-state index is 12.6. The molecule has 1 aromatic heterocycles. The number of hydrogen-bond acceptors (Lipinski definition) is 5. The average Bonchev–Trinajstić information content (AvgIpc) is 3.05. The molecule has 12 heteroatoms. The molecule has 1 unspecified atom stereocenters. The van der Waals surface area contributed by atoms with E-state index in [0.29, 0.717) is 26.1 Å². The minimum Gasteiger partial charge on any atom is -0.481 e. The molecule has 0 saturated heterocycles. The van der Waals surface area contributed by atoms with Gasteiger partial charge in [0.15, 0.2) is 11.7 Å². The van der Waals surface area contributed by atoms with Crippen LogP contribution in [0.25, 0.3) is 0 Å². The summed E-state index contributed by atoms with van der Waals surface area (Å²) >= 11 is 0. The highest BCUT2D eigenvalue weighted by atomic mass is 16.4. The number of nitrogens with zero attached hydrogens (tertiary/aromatic N) is 4. The molecule has 6 N–H and O–H groups in total. The molecule has 1 aromatic rings. The number of aliphatic imine (C=N–C) groups is 1. The normalized spacial score (nSPS) is 14.2. The number of amides is 3. The lowest BCUT2D eigenvalue weighted by Gasteiger charge is -2.27. The third-order valence-electron chi connectivity index (χ3n) is 4.16. The van der Waals surface area contributed by atoms with Crippen molar-refractivity contribution in [2.24, 2.45) is 22.4 Å². The van der Waals surface area contributed by atoms with Gasteiger partial charge in [-0.1, -0.05) is 6.92 Å². The second-order valence-electron chi connectivity index (χ2n) is 6.41. The second-order valence-corrected chi connectivity index (χ2v) is 6.41. The number of hydrogen-bond donors (Lipinski definition) is 4. The van der Waals surface area contributed by atoms with Crippen molar-refractivity contribution in [2.75, 3.05) is 19.6 Å². The van der Waals surface area contributed by atoms with Crippen LogP contribution in [0.4, 0.5) is 0 Å². The van der Waals surface area contributed by atoms with Crippen LogP contribution in [0.5, 0.6) is 0 Å². The number of fused-ring (bicyclic) bond motifs is 1. The molecule has 0 aliphatic carbocycles. The fraction of sp³-hybridized carbons (Fsp3) is 0.500. The number of nitrogens with one attached hydrogen (secondary N) is 1. The lowest BCUT2D eigenvalue weighted by atomic mass is 10.2. The zero-order valence-corrected chi connectivity index (χ0v) is 15.4. The number of rotatable bonds is 8. The lowest BCUT2D eigenvalue weighted by Crippen LogP contribution is -2.41. The number of aliphatic carboxylic acids is 1. The van der Waals surface area contributed by atoms with E-state index in [0.717, 1.165) is 0 Å². The van der Waals surface area contributed by atoms with Gasteiger partial charge in [-0.2, -0.15) is 10.1 Å². The van der Waals surface area contributed by atoms with E-state index in [4.69, 9.17) is 16.6 Å². The average molecular weight is 393 g/mol. The van der Waals surface area contributed by atoms with Gasteiger partial charge in [-0.3, -0.25) is 23.9 Å². The summed E-state index contributed by atoms with van der Waals surface area (Å²) < 4.78 is 1.44. The molecule has 0 spiro atoms. The van der Waals surface area contributed by atoms with Gasteiger partial charge >= 0.3 is 5.97 Å². The fourth-order valence-electron chi connectivity index (χ4n) is 2.61. The van der Waals surface area contributed by atoms with E-state index in [9.17, 15) is 19.2 Å². The molecular formula is C16H23N7O5. The molecule has 2 rings (SSSR count). The van der Waals surface area contributed by atoms with Crippen LogP contribution in [0.15, 0.2) is 11.1 Å². The first kappa shape index (κ1) is 20.9. The first-order valence-corrected chi connectivity index (χ1v) is 8.69. The molecule has 12 nitrogen and oxygen atoms in total. The highest BCUT2D eigenvalue weighted by molar-refractivity contribution is 5.98. The van der Waals surface area contributed by atoms with E-state index in [2.05, 4.69) is 15.4 Å². The van der Waals surface area contributed by atoms with E-state index in [-0.39, 0.29) is 36.2 Å². The smallest absolute Gasteiger partial charge is 0.308 e. The Kier molecular flexibility index (Phi) is 6.69. The van der Waals surface area contributed by atoms with Crippen LogP contribution < -0.4 is 16.8 Å². The van der Waals surface area contributed by atoms with E-state index in [1.807, 2.05) is 0 Å². The molecule has 0 bridgehead atoms. The monoisotopic (exact) mass is 393 g/mol. The lowest BCUT2D eigenvalue weighted by molar-refractivity contribution is -0.140. The number of carboxylic acid groups (broad SMARTS) is 1. The summed E-state index contributed by atoms with van der Waals surface area (Å²) in [6.45, 7) is 2.57. The van der Waals surface area contributed by atoms with E-state index in [1.54, 1.807) is 4.90 Å². The van der Waals surface area contributed by atoms with Crippen LogP contribution in [0.1, 0.15) is 40.7 Å². The van der Waals surface area contributed by atoms with E-state index >= 15 is 0 Å². The molecule has 1 aliphatic rings. The molecule has 2 heterocycles. The topological polar surface area (TPSA) is 186 Å². The number of guanidine groups is 1. The van der Waals surface area contributed by atoms with Crippen molar-refractivity contribution in [2.45, 2.75) is 26.3 Å². The summed E-state index contributed by atoms with van der Waals surface area (Å²) in [6, 6.07) is 1.37. The van der Waals surface area contributed by atoms with Gasteiger partial charge in [0.05, 0.1) is 12.5 Å². The Morgan fingerprint density at radius 2 is 2.07 bits per heavy atom. The molecular weight excluding hydrogens is 370 g/mol. The summed E-state index contributed by atoms with van der Waals surface area (Å²) in [4.78, 5) is 51.9. The van der Waals surface area contributed by atoms with Crippen molar-refractivity contribution in [3.8, 4) is 0 Å². The van der Waals surface area contributed by atoms with Crippen molar-refractivity contribution < 1.29 is 24.3 Å². The highest BCUT2D eigenvalue weighted by Gasteiger charge is 2.28. The number of nitrogens with two attached hydrogens (primary N) is 2. The number of aromatic nitrogens is 2. The molecule has 1 atom stereocenters. The van der Waals surface area contributed by atoms with Gasteiger partial charge in [0.2, 0.25) is 5.91 Å². The molecule has 0 fully saturated rings. The number of carbonyl (C=O) groups is 4. The van der Waals surface area contributed by atoms with Crippen molar-refractivity contribution in [3.63, 3.8) is 0 Å². The highest BCUT2D eigenvalue weighted by Crippen LogP contribution is 2.15. The molecule has 152 valence electrons. The Morgan fingerprint density at radius 1 is 1.36 bits per heavy atom. The Hall–Kier alpha value is -3.44. The quantitative estimate of drug-likeness (QED) is 0.299. The number of carboxylic acids is 1. The summed E-state index contributed by atoms with van der Waals surface area (Å²) in [7, 11) is 0. The minimum atomic E-state index is -1.02. The van der Waals surface area contributed by atoms with Crippen LogP contribution >= 0.6 is 0 Å². The Balaban J connectivity index is 1.94. The molecule has 0 saturated carbocycles. The van der Waals surface area contributed by atoms with Crippen LogP contribution in [0.2, 0.25) is 0 Å². The fourth-order valence-corrected chi connectivity index (χ4v) is 2.61. The molecule has 28 heavy (non-hydrogen) atoms. The molecule has 1 aliphatic heterocycles. The van der Waals surface area contributed by atoms with E-state index < -0.39 is 23.7 Å². The third kappa shape index (κ3) is 5.28. The Labute approximate surface area is 160 Å². The first-order chi connectivity index (χ1) is 13.2. The SMILES string of the molecule is CC(CNC(=O)c1cc2n(n1)CCN(CCCC(=O)N=C(N)N)C2=O)C(=O)O. The van der Waals surface area contributed by atoms with Crippen molar-refractivity contribution in [3.05, 3.63) is 17.5 Å². The predicted molar refractivity (Wildman–Crippen MR) is 97.3 cm³/mol. The van der Waals surface area contributed by atoms with Crippen molar-refractivity contribution >= 4 is 29.7 Å². The molecule has 0 aromatic carbocycles. The van der Waals surface area contributed by atoms with E-state index in [1.165, 1.54) is 17.7 Å².